The molecule has 1 aromatic carbocycles. The van der Waals surface area contributed by atoms with Gasteiger partial charge in [-0.3, -0.25) is 4.79 Å². The Morgan fingerprint density at radius 3 is 2.53 bits per heavy atom. The maximum Gasteiger partial charge on any atom is 0.327 e. The summed E-state index contributed by atoms with van der Waals surface area (Å²) in [6.07, 6.45) is 2.92. The van der Waals surface area contributed by atoms with Crippen LogP contribution in [0.1, 0.15) is 5.56 Å². The Balaban J connectivity index is 2.55. The molecule has 0 saturated carbocycles. The second-order valence-electron chi connectivity index (χ2n) is 3.33. The van der Waals surface area contributed by atoms with Gasteiger partial charge >= 0.3 is 5.97 Å². The Hall–Kier alpha value is -1.75. The van der Waals surface area contributed by atoms with Crippen LogP contribution in [0.15, 0.2) is 36.4 Å². The monoisotopic (exact) mass is 251 g/mol. The van der Waals surface area contributed by atoms with Gasteiger partial charge in [0, 0.05) is 11.8 Å². The molecule has 0 bridgehead atoms. The van der Waals surface area contributed by atoms with Crippen molar-refractivity contribution < 1.29 is 14.7 Å². The summed E-state index contributed by atoms with van der Waals surface area (Å²) in [7, 11) is 0. The largest absolute Gasteiger partial charge is 0.480 e. The van der Waals surface area contributed by atoms with Crippen molar-refractivity contribution >= 4 is 30.6 Å². The van der Waals surface area contributed by atoms with Gasteiger partial charge in [-0.25, -0.2) is 4.79 Å². The summed E-state index contributed by atoms with van der Waals surface area (Å²) in [5.74, 6) is -1.49. The first kappa shape index (κ1) is 13.3. The van der Waals surface area contributed by atoms with Gasteiger partial charge in [-0.2, -0.15) is 12.6 Å². The summed E-state index contributed by atoms with van der Waals surface area (Å²) in [4.78, 5) is 22.0. The third kappa shape index (κ3) is 4.74. The van der Waals surface area contributed by atoms with E-state index < -0.39 is 17.9 Å². The fourth-order valence-corrected chi connectivity index (χ4v) is 1.39. The molecule has 0 aromatic heterocycles. The zero-order valence-electron chi connectivity index (χ0n) is 9.04. The molecule has 90 valence electrons. The van der Waals surface area contributed by atoms with Crippen LogP contribution in [0.5, 0.6) is 0 Å². The Morgan fingerprint density at radius 2 is 2.00 bits per heavy atom. The van der Waals surface area contributed by atoms with Crippen LogP contribution < -0.4 is 5.32 Å². The summed E-state index contributed by atoms with van der Waals surface area (Å²) in [5.41, 5.74) is 0.875. The Morgan fingerprint density at radius 1 is 1.35 bits per heavy atom. The van der Waals surface area contributed by atoms with Crippen molar-refractivity contribution in [1.82, 2.24) is 5.32 Å². The molecule has 17 heavy (non-hydrogen) atoms. The topological polar surface area (TPSA) is 66.4 Å². The van der Waals surface area contributed by atoms with Crippen molar-refractivity contribution in [2.24, 2.45) is 0 Å². The number of aliphatic carboxylic acids is 1. The number of carboxylic acids is 1. The zero-order chi connectivity index (χ0) is 12.7. The number of carbonyl (C=O) groups is 2. The van der Waals surface area contributed by atoms with Crippen molar-refractivity contribution in [2.45, 2.75) is 6.04 Å². The van der Waals surface area contributed by atoms with Gasteiger partial charge in [0.05, 0.1) is 0 Å². The van der Waals surface area contributed by atoms with Crippen LogP contribution in [-0.2, 0) is 9.59 Å². The van der Waals surface area contributed by atoms with Crippen molar-refractivity contribution in [1.29, 1.82) is 0 Å². The molecular weight excluding hydrogens is 238 g/mol. The highest BCUT2D eigenvalue weighted by Crippen LogP contribution is 2.00. The van der Waals surface area contributed by atoms with Crippen molar-refractivity contribution in [3.05, 3.63) is 42.0 Å². The van der Waals surface area contributed by atoms with E-state index in [0.717, 1.165) is 5.56 Å². The summed E-state index contributed by atoms with van der Waals surface area (Å²) in [5, 5.41) is 11.1. The number of amides is 1. The quantitative estimate of drug-likeness (QED) is 0.544. The number of hydrogen-bond acceptors (Lipinski definition) is 3. The van der Waals surface area contributed by atoms with E-state index >= 15 is 0 Å². The van der Waals surface area contributed by atoms with Crippen LogP contribution in [0.3, 0.4) is 0 Å². The maximum atomic E-state index is 11.4. The standard InChI is InChI=1S/C12H13NO3S/c14-11(13-10(8-17)12(15)16)7-6-9-4-2-1-3-5-9/h1-7,10,17H,8H2,(H,13,14)(H,15,16)/t10-/m0/s1. The first-order valence-electron chi connectivity index (χ1n) is 5.01. The molecule has 0 aliphatic heterocycles. The summed E-state index contributed by atoms with van der Waals surface area (Å²) in [6, 6.07) is 8.30. The maximum absolute atomic E-state index is 11.4. The molecule has 1 aromatic rings. The lowest BCUT2D eigenvalue weighted by Crippen LogP contribution is -2.41. The third-order valence-corrected chi connectivity index (χ3v) is 2.39. The van der Waals surface area contributed by atoms with E-state index in [1.54, 1.807) is 6.08 Å². The normalized spacial score (nSPS) is 12.3. The molecule has 0 radical (unpaired) electrons. The predicted molar refractivity (Wildman–Crippen MR) is 68.9 cm³/mol. The van der Waals surface area contributed by atoms with E-state index in [2.05, 4.69) is 17.9 Å². The molecule has 4 nitrogen and oxygen atoms in total. The second-order valence-corrected chi connectivity index (χ2v) is 3.69. The number of benzene rings is 1. The molecule has 0 fully saturated rings. The smallest absolute Gasteiger partial charge is 0.327 e. The minimum absolute atomic E-state index is 0.0558. The second kappa shape index (κ2) is 6.75. The van der Waals surface area contributed by atoms with Crippen LogP contribution in [0.4, 0.5) is 0 Å². The fourth-order valence-electron chi connectivity index (χ4n) is 1.14. The van der Waals surface area contributed by atoms with Gasteiger partial charge in [0.2, 0.25) is 5.91 Å². The van der Waals surface area contributed by atoms with Crippen molar-refractivity contribution in [3.8, 4) is 0 Å². The van der Waals surface area contributed by atoms with Crippen LogP contribution in [0.2, 0.25) is 0 Å². The van der Waals surface area contributed by atoms with E-state index in [9.17, 15) is 9.59 Å². The highest BCUT2D eigenvalue weighted by molar-refractivity contribution is 7.80. The molecular formula is C12H13NO3S. The minimum atomic E-state index is -1.10. The average Bonchev–Trinajstić information content (AvgIpc) is 2.34. The molecule has 0 heterocycles. The van der Waals surface area contributed by atoms with Crippen molar-refractivity contribution in [3.63, 3.8) is 0 Å². The summed E-state index contributed by atoms with van der Waals surface area (Å²) in [6.45, 7) is 0. The molecule has 0 spiro atoms. The van der Waals surface area contributed by atoms with E-state index in [0.29, 0.717) is 0 Å². The van der Waals surface area contributed by atoms with Gasteiger partial charge in [0.25, 0.3) is 0 Å². The molecule has 0 aliphatic rings. The Kier molecular flexibility index (Phi) is 5.29. The molecule has 5 heteroatoms. The molecule has 1 amide bonds. The molecule has 1 rings (SSSR count). The average molecular weight is 251 g/mol. The van der Waals surface area contributed by atoms with Crippen LogP contribution in [0.25, 0.3) is 6.08 Å². The predicted octanol–water partition coefficient (Wildman–Crippen LogP) is 1.20. The lowest BCUT2D eigenvalue weighted by atomic mass is 10.2. The lowest BCUT2D eigenvalue weighted by molar-refractivity contribution is -0.140. The van der Waals surface area contributed by atoms with Gasteiger partial charge in [-0.05, 0) is 11.6 Å². The van der Waals surface area contributed by atoms with Crippen LogP contribution in [-0.4, -0.2) is 28.8 Å². The molecule has 0 aliphatic carbocycles. The first-order valence-corrected chi connectivity index (χ1v) is 5.64. The number of hydrogen-bond donors (Lipinski definition) is 3. The van der Waals surface area contributed by atoms with Crippen LogP contribution in [0, 0.1) is 0 Å². The van der Waals surface area contributed by atoms with Gasteiger partial charge in [0.1, 0.15) is 6.04 Å². The number of thiol groups is 1. The first-order chi connectivity index (χ1) is 8.13. The fraction of sp³-hybridized carbons (Fsp3) is 0.167. The van der Waals surface area contributed by atoms with Crippen LogP contribution >= 0.6 is 12.6 Å². The van der Waals surface area contributed by atoms with Gasteiger partial charge in [-0.15, -0.1) is 0 Å². The summed E-state index contributed by atoms with van der Waals surface area (Å²) >= 11 is 3.85. The van der Waals surface area contributed by atoms with E-state index in [1.807, 2.05) is 30.3 Å². The highest BCUT2D eigenvalue weighted by atomic mass is 32.1. The van der Waals surface area contributed by atoms with E-state index in [4.69, 9.17) is 5.11 Å². The number of nitrogens with one attached hydrogen (secondary N) is 1. The summed E-state index contributed by atoms with van der Waals surface area (Å²) < 4.78 is 0. The SMILES string of the molecule is O=C(C=Cc1ccccc1)N[C@@H](CS)C(=O)O. The number of carboxylic acid groups (broad SMARTS) is 1. The lowest BCUT2D eigenvalue weighted by Gasteiger charge is -2.09. The molecule has 1 atom stereocenters. The molecule has 2 N–H and O–H groups in total. The third-order valence-electron chi connectivity index (χ3n) is 2.02. The van der Waals surface area contributed by atoms with E-state index in [1.165, 1.54) is 6.08 Å². The number of carbonyl (C=O) groups excluding carboxylic acids is 1. The molecule has 0 saturated heterocycles. The Bertz CT molecular complexity index is 417. The Labute approximate surface area is 105 Å². The van der Waals surface area contributed by atoms with Crippen molar-refractivity contribution in [2.75, 3.05) is 5.75 Å². The highest BCUT2D eigenvalue weighted by Gasteiger charge is 2.16. The molecule has 0 unspecified atom stereocenters. The van der Waals surface area contributed by atoms with Gasteiger partial charge < -0.3 is 10.4 Å². The van der Waals surface area contributed by atoms with E-state index in [-0.39, 0.29) is 5.75 Å². The van der Waals surface area contributed by atoms with Gasteiger partial charge in [0.15, 0.2) is 0 Å². The minimum Gasteiger partial charge on any atom is -0.480 e. The number of rotatable bonds is 5. The zero-order valence-corrected chi connectivity index (χ0v) is 9.93. The van der Waals surface area contributed by atoms with Gasteiger partial charge in [-0.1, -0.05) is 30.3 Å².